The predicted octanol–water partition coefficient (Wildman–Crippen LogP) is 3.12. The van der Waals surface area contributed by atoms with Crippen molar-refractivity contribution >= 4 is 5.69 Å². The maximum absolute atomic E-state index is 13.1. The molecule has 1 aliphatic heterocycles. The van der Waals surface area contributed by atoms with E-state index >= 15 is 0 Å². The number of aryl methyl sites for hydroxylation is 1. The minimum atomic E-state index is 0.0900. The van der Waals surface area contributed by atoms with Gasteiger partial charge in [-0.25, -0.2) is 4.68 Å². The van der Waals surface area contributed by atoms with Crippen molar-refractivity contribution in [3.8, 4) is 5.69 Å². The number of benzene rings is 2. The van der Waals surface area contributed by atoms with Crippen LogP contribution < -0.4 is 10.5 Å². The van der Waals surface area contributed by atoms with Crippen molar-refractivity contribution in [2.45, 2.75) is 20.4 Å². The number of nitrogens with zero attached hydrogens (tertiary/aromatic N) is 4. The third kappa shape index (κ3) is 3.50. The minimum absolute atomic E-state index is 0.0900. The van der Waals surface area contributed by atoms with Crippen LogP contribution in [0, 0.1) is 13.8 Å². The Morgan fingerprint density at radius 1 is 0.821 bits per heavy atom. The van der Waals surface area contributed by atoms with E-state index in [2.05, 4.69) is 41.0 Å². The van der Waals surface area contributed by atoms with Gasteiger partial charge in [-0.05, 0) is 38.1 Å². The number of aromatic nitrogens is 2. The van der Waals surface area contributed by atoms with Gasteiger partial charge in [-0.1, -0.05) is 35.9 Å². The molecule has 0 N–H and O–H groups in total. The molecule has 4 rings (SSSR count). The van der Waals surface area contributed by atoms with Gasteiger partial charge in [-0.15, -0.1) is 0 Å². The van der Waals surface area contributed by atoms with Gasteiger partial charge in [0.15, 0.2) is 0 Å². The highest BCUT2D eigenvalue weighted by molar-refractivity contribution is 5.48. The second kappa shape index (κ2) is 7.68. The van der Waals surface area contributed by atoms with Crippen LogP contribution in [0.2, 0.25) is 0 Å². The SMILES string of the molecule is Cc1ccc(N2CCN(Cc3c(C)n(C)n(-c4ccccc4)c3=O)CC2)cc1. The summed E-state index contributed by atoms with van der Waals surface area (Å²) in [5, 5.41) is 0. The molecule has 2 aromatic carbocycles. The van der Waals surface area contributed by atoms with E-state index in [9.17, 15) is 4.79 Å². The maximum Gasteiger partial charge on any atom is 0.276 e. The van der Waals surface area contributed by atoms with Crippen molar-refractivity contribution in [2.24, 2.45) is 7.05 Å². The fourth-order valence-corrected chi connectivity index (χ4v) is 3.95. The first-order valence-corrected chi connectivity index (χ1v) is 9.91. The molecule has 0 amide bonds. The molecule has 0 saturated carbocycles. The molecule has 28 heavy (non-hydrogen) atoms. The summed E-state index contributed by atoms with van der Waals surface area (Å²) in [7, 11) is 1.96. The molecule has 0 unspecified atom stereocenters. The van der Waals surface area contributed by atoms with Crippen LogP contribution in [0.1, 0.15) is 16.8 Å². The van der Waals surface area contributed by atoms with Gasteiger partial charge in [0.25, 0.3) is 5.56 Å². The van der Waals surface area contributed by atoms with Gasteiger partial charge in [-0.3, -0.25) is 14.4 Å². The average molecular weight is 377 g/mol. The third-order valence-electron chi connectivity index (χ3n) is 5.83. The number of hydrogen-bond acceptors (Lipinski definition) is 3. The van der Waals surface area contributed by atoms with Crippen LogP contribution in [0.25, 0.3) is 5.69 Å². The topological polar surface area (TPSA) is 33.4 Å². The van der Waals surface area contributed by atoms with Crippen molar-refractivity contribution < 1.29 is 0 Å². The first kappa shape index (κ1) is 18.6. The van der Waals surface area contributed by atoms with Gasteiger partial charge in [0.05, 0.1) is 11.3 Å². The summed E-state index contributed by atoms with van der Waals surface area (Å²) in [6.07, 6.45) is 0. The first-order chi connectivity index (χ1) is 13.5. The molecular formula is C23H28N4O. The molecule has 1 aliphatic rings. The van der Waals surface area contributed by atoms with Crippen LogP contribution in [0.4, 0.5) is 5.69 Å². The predicted molar refractivity (Wildman–Crippen MR) is 114 cm³/mol. The molecule has 3 aromatic rings. The summed E-state index contributed by atoms with van der Waals surface area (Å²) in [5.74, 6) is 0. The standard InChI is InChI=1S/C23H28N4O/c1-18-9-11-20(12-10-18)26-15-13-25(14-16-26)17-22-19(2)24(3)27(23(22)28)21-7-5-4-6-8-21/h4-12H,13-17H2,1-3H3. The summed E-state index contributed by atoms with van der Waals surface area (Å²) in [5.41, 5.74) is 5.51. The summed E-state index contributed by atoms with van der Waals surface area (Å²) in [4.78, 5) is 17.9. The van der Waals surface area contributed by atoms with E-state index in [0.717, 1.165) is 43.1 Å². The number of piperazine rings is 1. The second-order valence-electron chi connectivity index (χ2n) is 7.64. The molecule has 0 bridgehead atoms. The van der Waals surface area contributed by atoms with Crippen molar-refractivity contribution in [2.75, 3.05) is 31.1 Å². The average Bonchev–Trinajstić information content (AvgIpc) is 2.93. The lowest BCUT2D eigenvalue weighted by Crippen LogP contribution is -2.46. The largest absolute Gasteiger partial charge is 0.369 e. The summed E-state index contributed by atoms with van der Waals surface area (Å²) in [6, 6.07) is 18.6. The fraction of sp³-hybridized carbons (Fsp3) is 0.348. The van der Waals surface area contributed by atoms with Crippen LogP contribution >= 0.6 is 0 Å². The van der Waals surface area contributed by atoms with Crippen molar-refractivity contribution in [3.05, 3.63) is 81.8 Å². The van der Waals surface area contributed by atoms with Gasteiger partial charge in [0.1, 0.15) is 0 Å². The van der Waals surface area contributed by atoms with E-state index in [1.165, 1.54) is 11.3 Å². The fourth-order valence-electron chi connectivity index (χ4n) is 3.95. The zero-order chi connectivity index (χ0) is 19.7. The first-order valence-electron chi connectivity index (χ1n) is 9.91. The van der Waals surface area contributed by atoms with Crippen LogP contribution in [0.5, 0.6) is 0 Å². The molecule has 5 heteroatoms. The van der Waals surface area contributed by atoms with Crippen molar-refractivity contribution in [1.29, 1.82) is 0 Å². The quantitative estimate of drug-likeness (QED) is 0.702. The minimum Gasteiger partial charge on any atom is -0.369 e. The molecule has 5 nitrogen and oxygen atoms in total. The highest BCUT2D eigenvalue weighted by Crippen LogP contribution is 2.18. The Labute approximate surface area is 166 Å². The zero-order valence-electron chi connectivity index (χ0n) is 16.9. The molecular weight excluding hydrogens is 348 g/mol. The van der Waals surface area contributed by atoms with E-state index in [1.807, 2.05) is 49.0 Å². The monoisotopic (exact) mass is 376 g/mol. The third-order valence-corrected chi connectivity index (χ3v) is 5.83. The Morgan fingerprint density at radius 2 is 1.46 bits per heavy atom. The Morgan fingerprint density at radius 3 is 2.11 bits per heavy atom. The summed E-state index contributed by atoms with van der Waals surface area (Å²) >= 11 is 0. The van der Waals surface area contributed by atoms with Crippen LogP contribution in [-0.4, -0.2) is 40.4 Å². The summed E-state index contributed by atoms with van der Waals surface area (Å²) < 4.78 is 3.74. The van der Waals surface area contributed by atoms with Crippen molar-refractivity contribution in [3.63, 3.8) is 0 Å². The molecule has 1 fully saturated rings. The smallest absolute Gasteiger partial charge is 0.276 e. The van der Waals surface area contributed by atoms with Gasteiger partial charge in [0.2, 0.25) is 0 Å². The van der Waals surface area contributed by atoms with Gasteiger partial charge < -0.3 is 4.90 Å². The van der Waals surface area contributed by atoms with Crippen LogP contribution in [0.15, 0.2) is 59.4 Å². The highest BCUT2D eigenvalue weighted by Gasteiger charge is 2.22. The number of anilines is 1. The number of para-hydroxylation sites is 1. The van der Waals surface area contributed by atoms with E-state index in [0.29, 0.717) is 6.54 Å². The van der Waals surface area contributed by atoms with Crippen LogP contribution in [-0.2, 0) is 13.6 Å². The Kier molecular flexibility index (Phi) is 5.09. The number of rotatable bonds is 4. The van der Waals surface area contributed by atoms with Crippen LogP contribution in [0.3, 0.4) is 0 Å². The molecule has 0 atom stereocenters. The Balaban J connectivity index is 1.49. The molecule has 1 saturated heterocycles. The zero-order valence-corrected chi connectivity index (χ0v) is 16.9. The molecule has 0 aliphatic carbocycles. The number of hydrogen-bond donors (Lipinski definition) is 0. The van der Waals surface area contributed by atoms with E-state index < -0.39 is 0 Å². The molecule has 0 spiro atoms. The van der Waals surface area contributed by atoms with E-state index in [4.69, 9.17) is 0 Å². The lowest BCUT2D eigenvalue weighted by molar-refractivity contribution is 0.248. The molecule has 146 valence electrons. The lowest BCUT2D eigenvalue weighted by atomic mass is 10.2. The lowest BCUT2D eigenvalue weighted by Gasteiger charge is -2.36. The van der Waals surface area contributed by atoms with Gasteiger partial charge >= 0.3 is 0 Å². The molecule has 0 radical (unpaired) electrons. The maximum atomic E-state index is 13.1. The van der Waals surface area contributed by atoms with Gasteiger partial charge in [-0.2, -0.15) is 0 Å². The highest BCUT2D eigenvalue weighted by atomic mass is 16.1. The summed E-state index contributed by atoms with van der Waals surface area (Å²) in [6.45, 7) is 8.77. The van der Waals surface area contributed by atoms with E-state index in [1.54, 1.807) is 4.68 Å². The van der Waals surface area contributed by atoms with E-state index in [-0.39, 0.29) is 5.56 Å². The van der Waals surface area contributed by atoms with Gasteiger partial charge in [0, 0.05) is 51.2 Å². The molecule has 1 aromatic heterocycles. The van der Waals surface area contributed by atoms with Crippen molar-refractivity contribution in [1.82, 2.24) is 14.3 Å². The normalized spacial score (nSPS) is 15.2. The Hall–Kier alpha value is -2.79. The molecule has 2 heterocycles. The second-order valence-corrected chi connectivity index (χ2v) is 7.64. The Bertz CT molecular complexity index is 994.